The molecule has 6 heteroatoms. The molecule has 1 amide bonds. The molecule has 2 aromatic rings. The van der Waals surface area contributed by atoms with E-state index in [0.29, 0.717) is 18.5 Å². The number of amides is 1. The molecule has 0 spiro atoms. The number of nitrogens with zero attached hydrogens (tertiary/aromatic N) is 3. The zero-order chi connectivity index (χ0) is 19.2. The summed E-state index contributed by atoms with van der Waals surface area (Å²) in [5, 5.41) is 2.97. The molecule has 1 saturated heterocycles. The molecule has 2 heterocycles. The number of carbonyl (C=O) groups is 1. The summed E-state index contributed by atoms with van der Waals surface area (Å²) < 4.78 is 5.68. The number of anilines is 1. The number of likely N-dealkylation sites (tertiary alicyclic amines) is 1. The molecule has 1 N–H and O–H groups in total. The van der Waals surface area contributed by atoms with E-state index in [2.05, 4.69) is 34.0 Å². The van der Waals surface area contributed by atoms with Gasteiger partial charge in [0, 0.05) is 23.6 Å². The van der Waals surface area contributed by atoms with Crippen LogP contribution in [-0.2, 0) is 4.79 Å². The van der Waals surface area contributed by atoms with Crippen LogP contribution in [0.1, 0.15) is 33.6 Å². The minimum absolute atomic E-state index is 0.0362. The molecule has 0 saturated carbocycles. The summed E-state index contributed by atoms with van der Waals surface area (Å²) in [6, 6.07) is 10.1. The molecule has 1 aliphatic heterocycles. The number of carbonyl (C=O) groups excluding carboxylic acids is 1. The third kappa shape index (κ3) is 4.83. The summed E-state index contributed by atoms with van der Waals surface area (Å²) in [5.41, 5.74) is 1.63. The van der Waals surface area contributed by atoms with Crippen LogP contribution in [0.3, 0.4) is 0 Å². The maximum absolute atomic E-state index is 12.6. The maximum Gasteiger partial charge on any atom is 0.228 e. The van der Waals surface area contributed by atoms with E-state index < -0.39 is 0 Å². The number of hydrogen-bond acceptors (Lipinski definition) is 5. The van der Waals surface area contributed by atoms with Gasteiger partial charge in [0.2, 0.25) is 5.91 Å². The van der Waals surface area contributed by atoms with Gasteiger partial charge in [0.25, 0.3) is 0 Å². The Morgan fingerprint density at radius 1 is 1.26 bits per heavy atom. The number of para-hydroxylation sites is 1. The van der Waals surface area contributed by atoms with E-state index in [9.17, 15) is 4.79 Å². The number of hydrogen-bond donors (Lipinski definition) is 1. The fourth-order valence-electron chi connectivity index (χ4n) is 3.44. The van der Waals surface area contributed by atoms with Gasteiger partial charge in [-0.05, 0) is 58.8 Å². The molecule has 6 nitrogen and oxygen atoms in total. The standard InChI is InChI=1S/C21H28N4O2/c1-4-27-19-8-6-5-7-17(19)18-13-20(23-14-22-18)24-21(26)16-9-11-25(12-10-16)15(2)3/h5-8,13-16H,4,9-12H2,1-3H3,(H,22,23,24,26). The molecule has 1 aromatic heterocycles. The third-order valence-corrected chi connectivity index (χ3v) is 5.01. The molecule has 1 fully saturated rings. The molecule has 0 unspecified atom stereocenters. The smallest absolute Gasteiger partial charge is 0.228 e. The molecular weight excluding hydrogens is 340 g/mol. The monoisotopic (exact) mass is 368 g/mol. The fourth-order valence-corrected chi connectivity index (χ4v) is 3.44. The lowest BCUT2D eigenvalue weighted by molar-refractivity contribution is -0.121. The predicted molar refractivity (Wildman–Crippen MR) is 107 cm³/mol. The molecule has 144 valence electrons. The van der Waals surface area contributed by atoms with Crippen LogP contribution in [-0.4, -0.2) is 46.5 Å². The van der Waals surface area contributed by atoms with Crippen LogP contribution in [0.15, 0.2) is 36.7 Å². The highest BCUT2D eigenvalue weighted by atomic mass is 16.5. The van der Waals surface area contributed by atoms with Crippen molar-refractivity contribution in [2.24, 2.45) is 5.92 Å². The van der Waals surface area contributed by atoms with Gasteiger partial charge < -0.3 is 15.0 Å². The Kier molecular flexibility index (Phi) is 6.40. The quantitative estimate of drug-likeness (QED) is 0.844. The Labute approximate surface area is 161 Å². The summed E-state index contributed by atoms with van der Waals surface area (Å²) in [5.74, 6) is 1.38. The van der Waals surface area contributed by atoms with Crippen molar-refractivity contribution >= 4 is 11.7 Å². The Balaban J connectivity index is 1.69. The molecule has 1 aromatic carbocycles. The average molecular weight is 368 g/mol. The van der Waals surface area contributed by atoms with Crippen LogP contribution < -0.4 is 10.1 Å². The van der Waals surface area contributed by atoms with Crippen LogP contribution in [0.2, 0.25) is 0 Å². The second-order valence-corrected chi connectivity index (χ2v) is 7.11. The summed E-state index contributed by atoms with van der Waals surface area (Å²) in [6.45, 7) is 8.86. The summed E-state index contributed by atoms with van der Waals surface area (Å²) >= 11 is 0. The van der Waals surface area contributed by atoms with Gasteiger partial charge in [-0.2, -0.15) is 0 Å². The second-order valence-electron chi connectivity index (χ2n) is 7.11. The normalized spacial score (nSPS) is 15.7. The molecular formula is C21H28N4O2. The zero-order valence-electron chi connectivity index (χ0n) is 16.3. The lowest BCUT2D eigenvalue weighted by Gasteiger charge is -2.33. The van der Waals surface area contributed by atoms with Gasteiger partial charge >= 0.3 is 0 Å². The van der Waals surface area contributed by atoms with E-state index in [-0.39, 0.29) is 11.8 Å². The first-order valence-electron chi connectivity index (χ1n) is 9.67. The van der Waals surface area contributed by atoms with E-state index in [4.69, 9.17) is 4.74 Å². The van der Waals surface area contributed by atoms with Gasteiger partial charge in [-0.3, -0.25) is 4.79 Å². The fraction of sp³-hybridized carbons (Fsp3) is 0.476. The Morgan fingerprint density at radius 3 is 2.70 bits per heavy atom. The molecule has 0 atom stereocenters. The number of rotatable bonds is 6. The molecule has 3 rings (SSSR count). The largest absolute Gasteiger partial charge is 0.493 e. The van der Waals surface area contributed by atoms with Crippen molar-refractivity contribution in [3.8, 4) is 17.0 Å². The first-order chi connectivity index (χ1) is 13.1. The van der Waals surface area contributed by atoms with Crippen LogP contribution >= 0.6 is 0 Å². The van der Waals surface area contributed by atoms with Crippen molar-refractivity contribution < 1.29 is 9.53 Å². The van der Waals surface area contributed by atoms with Crippen molar-refractivity contribution in [1.29, 1.82) is 0 Å². The molecule has 1 aliphatic rings. The number of aromatic nitrogens is 2. The van der Waals surface area contributed by atoms with Gasteiger partial charge in [-0.15, -0.1) is 0 Å². The van der Waals surface area contributed by atoms with Crippen molar-refractivity contribution in [3.63, 3.8) is 0 Å². The zero-order valence-corrected chi connectivity index (χ0v) is 16.3. The number of benzene rings is 1. The number of piperidine rings is 1. The van der Waals surface area contributed by atoms with Crippen molar-refractivity contribution in [2.45, 2.75) is 39.7 Å². The van der Waals surface area contributed by atoms with Crippen LogP contribution in [0.25, 0.3) is 11.3 Å². The van der Waals surface area contributed by atoms with E-state index in [1.54, 1.807) is 6.07 Å². The van der Waals surface area contributed by atoms with E-state index in [1.165, 1.54) is 6.33 Å². The molecule has 0 bridgehead atoms. The van der Waals surface area contributed by atoms with Gasteiger partial charge in [-0.25, -0.2) is 9.97 Å². The van der Waals surface area contributed by atoms with Crippen molar-refractivity contribution in [3.05, 3.63) is 36.7 Å². The van der Waals surface area contributed by atoms with Crippen molar-refractivity contribution in [2.75, 3.05) is 25.0 Å². The Bertz CT molecular complexity index is 770. The van der Waals surface area contributed by atoms with Crippen LogP contribution in [0.5, 0.6) is 5.75 Å². The van der Waals surface area contributed by atoms with Gasteiger partial charge in [0.05, 0.1) is 12.3 Å². The van der Waals surface area contributed by atoms with Gasteiger partial charge in [0.15, 0.2) is 0 Å². The van der Waals surface area contributed by atoms with Crippen LogP contribution in [0, 0.1) is 5.92 Å². The maximum atomic E-state index is 12.6. The Morgan fingerprint density at radius 2 is 2.00 bits per heavy atom. The van der Waals surface area contributed by atoms with E-state index >= 15 is 0 Å². The first kappa shape index (κ1) is 19.3. The summed E-state index contributed by atoms with van der Waals surface area (Å²) in [7, 11) is 0. The lowest BCUT2D eigenvalue weighted by Crippen LogP contribution is -2.41. The first-order valence-corrected chi connectivity index (χ1v) is 9.67. The van der Waals surface area contributed by atoms with Crippen molar-refractivity contribution in [1.82, 2.24) is 14.9 Å². The molecule has 27 heavy (non-hydrogen) atoms. The van der Waals surface area contributed by atoms with E-state index in [1.807, 2.05) is 31.2 Å². The summed E-state index contributed by atoms with van der Waals surface area (Å²) in [4.78, 5) is 23.6. The topological polar surface area (TPSA) is 67.3 Å². The highest BCUT2D eigenvalue weighted by Crippen LogP contribution is 2.29. The third-order valence-electron chi connectivity index (χ3n) is 5.01. The summed E-state index contributed by atoms with van der Waals surface area (Å²) in [6.07, 6.45) is 3.25. The second kappa shape index (κ2) is 8.95. The molecule has 0 aliphatic carbocycles. The highest BCUT2D eigenvalue weighted by molar-refractivity contribution is 5.92. The van der Waals surface area contributed by atoms with Crippen LogP contribution in [0.4, 0.5) is 5.82 Å². The van der Waals surface area contributed by atoms with Gasteiger partial charge in [-0.1, -0.05) is 12.1 Å². The highest BCUT2D eigenvalue weighted by Gasteiger charge is 2.26. The lowest BCUT2D eigenvalue weighted by atomic mass is 9.95. The SMILES string of the molecule is CCOc1ccccc1-c1cc(NC(=O)C2CCN(C(C)C)CC2)ncn1. The average Bonchev–Trinajstić information content (AvgIpc) is 2.69. The predicted octanol–water partition coefficient (Wildman–Crippen LogP) is 3.60. The number of ether oxygens (including phenoxy) is 1. The Hall–Kier alpha value is -2.47. The molecule has 0 radical (unpaired) electrons. The minimum Gasteiger partial charge on any atom is -0.493 e. The number of nitrogens with one attached hydrogen (secondary N) is 1. The minimum atomic E-state index is 0.0362. The van der Waals surface area contributed by atoms with E-state index in [0.717, 1.165) is 42.9 Å². The van der Waals surface area contributed by atoms with Gasteiger partial charge in [0.1, 0.15) is 17.9 Å².